The summed E-state index contributed by atoms with van der Waals surface area (Å²) in [5, 5.41) is 3.38. The average Bonchev–Trinajstić information content (AvgIpc) is 3.17. The second kappa shape index (κ2) is 9.28. The maximum absolute atomic E-state index is 13.3. The summed E-state index contributed by atoms with van der Waals surface area (Å²) in [4.78, 5) is 26.0. The van der Waals surface area contributed by atoms with Crippen molar-refractivity contribution in [2.24, 2.45) is 0 Å². The number of carbonyl (C=O) groups excluding carboxylic acids is 2. The number of anilines is 1. The van der Waals surface area contributed by atoms with Gasteiger partial charge in [0, 0.05) is 10.9 Å². The molecule has 1 aromatic heterocycles. The quantitative estimate of drug-likeness (QED) is 0.337. The predicted molar refractivity (Wildman–Crippen MR) is 125 cm³/mol. The van der Waals surface area contributed by atoms with E-state index in [0.717, 1.165) is 0 Å². The van der Waals surface area contributed by atoms with Crippen molar-refractivity contribution >= 4 is 28.3 Å². The Balaban J connectivity index is 1.59. The fourth-order valence-electron chi connectivity index (χ4n) is 3.48. The fourth-order valence-corrected chi connectivity index (χ4v) is 3.48. The summed E-state index contributed by atoms with van der Waals surface area (Å²) in [5.41, 5.74) is 2.14. The lowest BCUT2D eigenvalue weighted by Gasteiger charge is -2.15. The molecule has 0 unspecified atom stereocenters. The van der Waals surface area contributed by atoms with Crippen molar-refractivity contribution in [2.75, 3.05) is 5.32 Å². The first-order chi connectivity index (χ1) is 15.8. The first-order valence-corrected chi connectivity index (χ1v) is 10.7. The lowest BCUT2D eigenvalue weighted by Crippen LogP contribution is -2.30. The van der Waals surface area contributed by atoms with Crippen molar-refractivity contribution in [1.82, 2.24) is 0 Å². The van der Waals surface area contributed by atoms with Crippen LogP contribution in [0.25, 0.3) is 11.0 Å². The molecule has 0 aliphatic rings. The maximum Gasteiger partial charge on any atom is 0.265 e. The van der Waals surface area contributed by atoms with Gasteiger partial charge < -0.3 is 14.5 Å². The SMILES string of the molecule is CC(C)c1ccc(O[C@@H](C)C(=O)Nc2c(C(=O)c3ccc(F)cc3)oc3ccccc23)cc1. The van der Waals surface area contributed by atoms with Crippen molar-refractivity contribution < 1.29 is 23.1 Å². The van der Waals surface area contributed by atoms with Crippen LogP contribution in [0.15, 0.2) is 77.2 Å². The van der Waals surface area contributed by atoms with Gasteiger partial charge in [-0.25, -0.2) is 4.39 Å². The number of para-hydroxylation sites is 1. The van der Waals surface area contributed by atoms with E-state index in [2.05, 4.69) is 19.2 Å². The van der Waals surface area contributed by atoms with Crippen LogP contribution < -0.4 is 10.1 Å². The van der Waals surface area contributed by atoms with Gasteiger partial charge in [0.2, 0.25) is 5.78 Å². The van der Waals surface area contributed by atoms with Crippen molar-refractivity contribution in [3.63, 3.8) is 0 Å². The molecule has 168 valence electrons. The molecule has 0 fully saturated rings. The highest BCUT2D eigenvalue weighted by Gasteiger charge is 2.25. The molecule has 0 spiro atoms. The molecule has 0 aliphatic carbocycles. The molecular formula is C27H24FNO4. The van der Waals surface area contributed by atoms with E-state index in [1.807, 2.05) is 24.3 Å². The Bertz CT molecular complexity index is 1290. The highest BCUT2D eigenvalue weighted by atomic mass is 19.1. The van der Waals surface area contributed by atoms with Gasteiger partial charge in [-0.15, -0.1) is 0 Å². The molecule has 1 amide bonds. The van der Waals surface area contributed by atoms with E-state index < -0.39 is 23.6 Å². The number of furan rings is 1. The lowest BCUT2D eigenvalue weighted by molar-refractivity contribution is -0.122. The summed E-state index contributed by atoms with van der Waals surface area (Å²) in [6.07, 6.45) is -0.822. The van der Waals surface area contributed by atoms with E-state index >= 15 is 0 Å². The van der Waals surface area contributed by atoms with Crippen LogP contribution in [-0.4, -0.2) is 17.8 Å². The number of ketones is 1. The number of hydrogen-bond acceptors (Lipinski definition) is 4. The normalized spacial score (nSPS) is 12.0. The number of hydrogen-bond donors (Lipinski definition) is 1. The lowest BCUT2D eigenvalue weighted by atomic mass is 10.0. The second-order valence-electron chi connectivity index (χ2n) is 8.11. The minimum absolute atomic E-state index is 0.0235. The Kier molecular flexibility index (Phi) is 6.27. The molecule has 3 aromatic carbocycles. The largest absolute Gasteiger partial charge is 0.481 e. The Morgan fingerprint density at radius 1 is 0.909 bits per heavy atom. The van der Waals surface area contributed by atoms with Crippen molar-refractivity contribution in [2.45, 2.75) is 32.8 Å². The van der Waals surface area contributed by atoms with Crippen LogP contribution in [0.2, 0.25) is 0 Å². The molecule has 5 nitrogen and oxygen atoms in total. The van der Waals surface area contributed by atoms with Gasteiger partial charge in [0.25, 0.3) is 5.91 Å². The summed E-state index contributed by atoms with van der Waals surface area (Å²) in [7, 11) is 0. The number of benzene rings is 3. The van der Waals surface area contributed by atoms with Crippen molar-refractivity contribution in [3.8, 4) is 5.75 Å². The van der Waals surface area contributed by atoms with E-state index in [1.165, 1.54) is 29.8 Å². The first-order valence-electron chi connectivity index (χ1n) is 10.7. The van der Waals surface area contributed by atoms with Gasteiger partial charge in [0.15, 0.2) is 11.9 Å². The van der Waals surface area contributed by atoms with E-state index in [9.17, 15) is 14.0 Å². The van der Waals surface area contributed by atoms with Crippen LogP contribution in [-0.2, 0) is 4.79 Å². The van der Waals surface area contributed by atoms with Gasteiger partial charge in [-0.2, -0.15) is 0 Å². The standard InChI is InChI=1S/C27H24FNO4/c1-16(2)18-10-14-21(15-11-18)32-17(3)27(31)29-24-22-6-4-5-7-23(22)33-26(24)25(30)19-8-12-20(28)13-9-19/h4-17H,1-3H3,(H,29,31)/t17-/m0/s1. The minimum atomic E-state index is -0.822. The van der Waals surface area contributed by atoms with Crippen molar-refractivity contribution in [3.05, 3.63) is 95.5 Å². The number of amides is 1. The minimum Gasteiger partial charge on any atom is -0.481 e. The van der Waals surface area contributed by atoms with Gasteiger partial charge >= 0.3 is 0 Å². The average molecular weight is 445 g/mol. The third-order valence-electron chi connectivity index (χ3n) is 5.39. The number of carbonyl (C=O) groups is 2. The zero-order valence-electron chi connectivity index (χ0n) is 18.6. The third-order valence-corrected chi connectivity index (χ3v) is 5.39. The number of nitrogens with one attached hydrogen (secondary N) is 1. The van der Waals surface area contributed by atoms with E-state index in [1.54, 1.807) is 31.2 Å². The Morgan fingerprint density at radius 2 is 1.58 bits per heavy atom. The number of ether oxygens (including phenoxy) is 1. The van der Waals surface area contributed by atoms with Crippen LogP contribution in [0.5, 0.6) is 5.75 Å². The molecule has 0 saturated heterocycles. The molecule has 4 rings (SSSR count). The zero-order valence-corrected chi connectivity index (χ0v) is 18.6. The molecule has 0 aliphatic heterocycles. The van der Waals surface area contributed by atoms with E-state index in [4.69, 9.17) is 9.15 Å². The molecule has 0 saturated carbocycles. The maximum atomic E-state index is 13.3. The monoisotopic (exact) mass is 445 g/mol. The molecular weight excluding hydrogens is 421 g/mol. The van der Waals surface area contributed by atoms with Gasteiger partial charge in [0.1, 0.15) is 17.1 Å². The number of rotatable bonds is 7. The predicted octanol–water partition coefficient (Wildman–Crippen LogP) is 6.33. The van der Waals surface area contributed by atoms with Crippen LogP contribution in [0.1, 0.15) is 48.4 Å². The summed E-state index contributed by atoms with van der Waals surface area (Å²) < 4.78 is 24.9. The topological polar surface area (TPSA) is 68.5 Å². The molecule has 4 aromatic rings. The molecule has 6 heteroatoms. The fraction of sp³-hybridized carbons (Fsp3) is 0.185. The number of halogens is 1. The van der Waals surface area contributed by atoms with Gasteiger partial charge in [-0.1, -0.05) is 38.1 Å². The van der Waals surface area contributed by atoms with Crippen LogP contribution in [0.4, 0.5) is 10.1 Å². The van der Waals surface area contributed by atoms with Gasteiger partial charge in [-0.05, 0) is 66.9 Å². The zero-order chi connectivity index (χ0) is 23.5. The Morgan fingerprint density at radius 3 is 2.24 bits per heavy atom. The molecule has 1 atom stereocenters. The van der Waals surface area contributed by atoms with Gasteiger partial charge in [0.05, 0.1) is 5.69 Å². The summed E-state index contributed by atoms with van der Waals surface area (Å²) in [6.45, 7) is 5.84. The van der Waals surface area contributed by atoms with Crippen molar-refractivity contribution in [1.29, 1.82) is 0 Å². The van der Waals surface area contributed by atoms with Crippen LogP contribution >= 0.6 is 0 Å². The summed E-state index contributed by atoms with van der Waals surface area (Å²) >= 11 is 0. The second-order valence-corrected chi connectivity index (χ2v) is 8.11. The van der Waals surface area contributed by atoms with E-state index in [-0.39, 0.29) is 17.0 Å². The molecule has 33 heavy (non-hydrogen) atoms. The smallest absolute Gasteiger partial charge is 0.265 e. The van der Waals surface area contributed by atoms with Gasteiger partial charge in [-0.3, -0.25) is 9.59 Å². The summed E-state index contributed by atoms with van der Waals surface area (Å²) in [5.74, 6) is -0.392. The summed E-state index contributed by atoms with van der Waals surface area (Å²) in [6, 6.07) is 19.8. The van der Waals surface area contributed by atoms with E-state index in [0.29, 0.717) is 22.6 Å². The first kappa shape index (κ1) is 22.3. The molecule has 1 N–H and O–H groups in total. The van der Waals surface area contributed by atoms with Crippen LogP contribution in [0.3, 0.4) is 0 Å². The van der Waals surface area contributed by atoms with Crippen LogP contribution in [0, 0.1) is 5.82 Å². The third kappa shape index (κ3) is 4.80. The molecule has 0 radical (unpaired) electrons. The number of fused-ring (bicyclic) bond motifs is 1. The highest BCUT2D eigenvalue weighted by molar-refractivity contribution is 6.17. The Hall–Kier alpha value is -3.93. The highest BCUT2D eigenvalue weighted by Crippen LogP contribution is 2.33. The Labute approximate surface area is 191 Å². The molecule has 0 bridgehead atoms. The molecule has 1 heterocycles.